The Hall–Kier alpha value is -2.89. The van der Waals surface area contributed by atoms with Gasteiger partial charge in [-0.15, -0.1) is 0 Å². The fraction of sp³-hybridized carbons (Fsp3) is 0.381. The number of hydrogen-bond acceptors (Lipinski definition) is 5. The molecule has 1 amide bonds. The zero-order chi connectivity index (χ0) is 19.6. The Bertz CT molecular complexity index is 717. The topological polar surface area (TPSA) is 66.0 Å². The van der Waals surface area contributed by atoms with Crippen LogP contribution in [0.4, 0.5) is 0 Å². The SMILES string of the molecule is CC[C@@H](Oc1cccc(OC)c1)C(=O)N[C@H](C)COc1ccc(OC)cc1. The van der Waals surface area contributed by atoms with Crippen LogP contribution < -0.4 is 24.3 Å². The number of benzene rings is 2. The van der Waals surface area contributed by atoms with Gasteiger partial charge in [0.15, 0.2) is 6.10 Å². The van der Waals surface area contributed by atoms with Crippen molar-refractivity contribution in [3.05, 3.63) is 48.5 Å². The summed E-state index contributed by atoms with van der Waals surface area (Å²) in [7, 11) is 3.21. The lowest BCUT2D eigenvalue weighted by Gasteiger charge is -2.21. The van der Waals surface area contributed by atoms with E-state index in [0.29, 0.717) is 24.5 Å². The molecule has 0 heterocycles. The molecule has 146 valence electrons. The van der Waals surface area contributed by atoms with E-state index in [1.807, 2.05) is 50.2 Å². The van der Waals surface area contributed by atoms with Gasteiger partial charge in [0.2, 0.25) is 0 Å². The first-order valence-electron chi connectivity index (χ1n) is 8.93. The van der Waals surface area contributed by atoms with Gasteiger partial charge in [-0.25, -0.2) is 0 Å². The van der Waals surface area contributed by atoms with E-state index < -0.39 is 6.10 Å². The minimum atomic E-state index is -0.583. The molecular weight excluding hydrogens is 346 g/mol. The van der Waals surface area contributed by atoms with Gasteiger partial charge in [0.05, 0.1) is 20.3 Å². The van der Waals surface area contributed by atoms with Gasteiger partial charge in [0.25, 0.3) is 5.91 Å². The summed E-state index contributed by atoms with van der Waals surface area (Å²) < 4.78 is 21.8. The Morgan fingerprint density at radius 2 is 1.59 bits per heavy atom. The van der Waals surface area contributed by atoms with Crippen molar-refractivity contribution in [2.24, 2.45) is 0 Å². The molecule has 1 N–H and O–H groups in total. The lowest BCUT2D eigenvalue weighted by Crippen LogP contribution is -2.44. The van der Waals surface area contributed by atoms with Crippen molar-refractivity contribution in [2.45, 2.75) is 32.4 Å². The highest BCUT2D eigenvalue weighted by Gasteiger charge is 2.20. The summed E-state index contributed by atoms with van der Waals surface area (Å²) >= 11 is 0. The first-order chi connectivity index (χ1) is 13.0. The van der Waals surface area contributed by atoms with Crippen LogP contribution in [-0.4, -0.2) is 38.9 Å². The number of carbonyl (C=O) groups excluding carboxylic acids is 1. The second-order valence-corrected chi connectivity index (χ2v) is 6.09. The smallest absolute Gasteiger partial charge is 0.261 e. The Morgan fingerprint density at radius 3 is 2.22 bits per heavy atom. The van der Waals surface area contributed by atoms with Crippen LogP contribution in [0.15, 0.2) is 48.5 Å². The van der Waals surface area contributed by atoms with E-state index >= 15 is 0 Å². The molecule has 0 radical (unpaired) electrons. The molecule has 0 aliphatic heterocycles. The summed E-state index contributed by atoms with van der Waals surface area (Å²) in [4.78, 5) is 12.5. The van der Waals surface area contributed by atoms with E-state index in [0.717, 1.165) is 11.5 Å². The van der Waals surface area contributed by atoms with Gasteiger partial charge < -0.3 is 24.3 Å². The minimum absolute atomic E-state index is 0.164. The van der Waals surface area contributed by atoms with Crippen molar-refractivity contribution < 1.29 is 23.7 Å². The van der Waals surface area contributed by atoms with Crippen LogP contribution in [0.1, 0.15) is 20.3 Å². The molecule has 6 heteroatoms. The van der Waals surface area contributed by atoms with Crippen molar-refractivity contribution in [1.29, 1.82) is 0 Å². The standard InChI is InChI=1S/C21H27NO5/c1-5-20(27-19-8-6-7-18(13-19)25-4)21(23)22-15(2)14-26-17-11-9-16(24-3)10-12-17/h6-13,15,20H,5,14H2,1-4H3,(H,22,23)/t15-,20-/m1/s1. The van der Waals surface area contributed by atoms with Crippen LogP contribution in [0, 0.1) is 0 Å². The van der Waals surface area contributed by atoms with Gasteiger partial charge in [-0.3, -0.25) is 4.79 Å². The largest absolute Gasteiger partial charge is 0.497 e. The van der Waals surface area contributed by atoms with Crippen LogP contribution in [0.2, 0.25) is 0 Å². The van der Waals surface area contributed by atoms with Gasteiger partial charge in [-0.1, -0.05) is 13.0 Å². The average molecular weight is 373 g/mol. The van der Waals surface area contributed by atoms with Crippen LogP contribution in [-0.2, 0) is 4.79 Å². The highest BCUT2D eigenvalue weighted by molar-refractivity contribution is 5.81. The van der Waals surface area contributed by atoms with E-state index in [4.69, 9.17) is 18.9 Å². The van der Waals surface area contributed by atoms with E-state index in [1.165, 1.54) is 0 Å². The third kappa shape index (κ3) is 6.40. The highest BCUT2D eigenvalue weighted by atomic mass is 16.5. The summed E-state index contributed by atoms with van der Waals surface area (Å²) in [5.74, 6) is 2.59. The molecule has 0 spiro atoms. The summed E-state index contributed by atoms with van der Waals surface area (Å²) in [5, 5.41) is 2.93. The zero-order valence-electron chi connectivity index (χ0n) is 16.2. The number of methoxy groups -OCH3 is 2. The number of hydrogen-bond donors (Lipinski definition) is 1. The van der Waals surface area contributed by atoms with Gasteiger partial charge in [0.1, 0.15) is 29.6 Å². The third-order valence-electron chi connectivity index (χ3n) is 3.93. The van der Waals surface area contributed by atoms with E-state index in [9.17, 15) is 4.79 Å². The Labute approximate surface area is 160 Å². The van der Waals surface area contributed by atoms with E-state index in [1.54, 1.807) is 26.4 Å². The third-order valence-corrected chi connectivity index (χ3v) is 3.93. The monoisotopic (exact) mass is 373 g/mol. The molecule has 27 heavy (non-hydrogen) atoms. The Balaban J connectivity index is 1.84. The van der Waals surface area contributed by atoms with Crippen molar-refractivity contribution in [3.8, 4) is 23.0 Å². The fourth-order valence-corrected chi connectivity index (χ4v) is 2.43. The second-order valence-electron chi connectivity index (χ2n) is 6.09. The normalized spacial score (nSPS) is 12.6. The van der Waals surface area contributed by atoms with E-state index in [2.05, 4.69) is 5.32 Å². The maximum Gasteiger partial charge on any atom is 0.261 e. The van der Waals surface area contributed by atoms with Crippen molar-refractivity contribution >= 4 is 5.91 Å². The predicted molar refractivity (Wildman–Crippen MR) is 104 cm³/mol. The minimum Gasteiger partial charge on any atom is -0.497 e. The molecule has 0 aliphatic rings. The molecule has 0 fully saturated rings. The van der Waals surface area contributed by atoms with Gasteiger partial charge in [-0.2, -0.15) is 0 Å². The summed E-state index contributed by atoms with van der Waals surface area (Å²) in [6.07, 6.45) is -0.0321. The summed E-state index contributed by atoms with van der Waals surface area (Å²) in [6, 6.07) is 14.4. The maximum atomic E-state index is 12.5. The van der Waals surface area contributed by atoms with E-state index in [-0.39, 0.29) is 11.9 Å². The first kappa shape index (κ1) is 20.4. The fourth-order valence-electron chi connectivity index (χ4n) is 2.43. The Morgan fingerprint density at radius 1 is 0.963 bits per heavy atom. The number of ether oxygens (including phenoxy) is 4. The Kier molecular flexibility index (Phi) is 7.79. The number of nitrogens with one attached hydrogen (secondary N) is 1. The van der Waals surface area contributed by atoms with Crippen molar-refractivity contribution in [1.82, 2.24) is 5.32 Å². The quantitative estimate of drug-likeness (QED) is 0.691. The second kappa shape index (κ2) is 10.3. The van der Waals surface area contributed by atoms with Crippen molar-refractivity contribution in [2.75, 3.05) is 20.8 Å². The summed E-state index contributed by atoms with van der Waals surface area (Å²) in [6.45, 7) is 4.15. The molecule has 0 unspecified atom stereocenters. The van der Waals surface area contributed by atoms with Crippen LogP contribution >= 0.6 is 0 Å². The lowest BCUT2D eigenvalue weighted by atomic mass is 10.2. The molecule has 6 nitrogen and oxygen atoms in total. The van der Waals surface area contributed by atoms with Crippen LogP contribution in [0.25, 0.3) is 0 Å². The summed E-state index contributed by atoms with van der Waals surface area (Å²) in [5.41, 5.74) is 0. The maximum absolute atomic E-state index is 12.5. The molecule has 0 aliphatic carbocycles. The molecule has 0 saturated heterocycles. The number of carbonyl (C=O) groups is 1. The highest BCUT2D eigenvalue weighted by Crippen LogP contribution is 2.21. The average Bonchev–Trinajstić information content (AvgIpc) is 2.70. The first-order valence-corrected chi connectivity index (χ1v) is 8.93. The van der Waals surface area contributed by atoms with Crippen LogP contribution in [0.5, 0.6) is 23.0 Å². The molecular formula is C21H27NO5. The molecule has 0 bridgehead atoms. The molecule has 0 saturated carbocycles. The molecule has 2 aromatic rings. The number of amides is 1. The predicted octanol–water partition coefficient (Wildman–Crippen LogP) is 3.44. The number of rotatable bonds is 10. The molecule has 2 rings (SSSR count). The van der Waals surface area contributed by atoms with Gasteiger partial charge in [-0.05, 0) is 49.7 Å². The van der Waals surface area contributed by atoms with Gasteiger partial charge in [0, 0.05) is 6.07 Å². The lowest BCUT2D eigenvalue weighted by molar-refractivity contribution is -0.128. The molecule has 0 aromatic heterocycles. The molecule has 2 atom stereocenters. The van der Waals surface area contributed by atoms with Gasteiger partial charge >= 0.3 is 0 Å². The van der Waals surface area contributed by atoms with Crippen molar-refractivity contribution in [3.63, 3.8) is 0 Å². The zero-order valence-corrected chi connectivity index (χ0v) is 16.2. The van der Waals surface area contributed by atoms with Crippen LogP contribution in [0.3, 0.4) is 0 Å². The molecule has 2 aromatic carbocycles.